The van der Waals surface area contributed by atoms with Gasteiger partial charge in [-0.05, 0) is 64.5 Å². The molecule has 2 heterocycles. The van der Waals surface area contributed by atoms with E-state index in [1.807, 2.05) is 126 Å². The number of H-pyrrole nitrogens is 2. The van der Waals surface area contributed by atoms with Crippen LogP contribution in [0.1, 0.15) is 143 Å². The Hall–Kier alpha value is -3.01. The van der Waals surface area contributed by atoms with E-state index >= 15 is 0 Å². The van der Waals surface area contributed by atoms with E-state index in [-0.39, 0.29) is 44.7 Å². The van der Waals surface area contributed by atoms with Gasteiger partial charge in [0.05, 0.1) is 20.6 Å². The van der Waals surface area contributed by atoms with E-state index in [0.717, 1.165) is 42.9 Å². The molecule has 270 valence electrons. The minimum atomic E-state index is -0.366. The molecule has 50 heavy (non-hydrogen) atoms. The summed E-state index contributed by atoms with van der Waals surface area (Å²) in [7, 11) is 0. The maximum absolute atomic E-state index is 14.5. The number of thioether (sulfide) groups is 3. The number of benzene rings is 2. The van der Waals surface area contributed by atoms with Crippen LogP contribution in [0.3, 0.4) is 0 Å². The Balaban J connectivity index is 1.72. The summed E-state index contributed by atoms with van der Waals surface area (Å²) in [4.78, 5) is 35.2. The van der Waals surface area contributed by atoms with E-state index in [1.54, 1.807) is 18.0 Å². The number of hydrogen-bond donors (Lipinski definition) is 4. The topological polar surface area (TPSA) is 106 Å². The van der Waals surface area contributed by atoms with Gasteiger partial charge >= 0.3 is 0 Å². The van der Waals surface area contributed by atoms with Crippen LogP contribution in [0.15, 0.2) is 51.6 Å². The monoisotopic (exact) mass is 734 g/mol. The fourth-order valence-electron chi connectivity index (χ4n) is 6.06. The van der Waals surface area contributed by atoms with E-state index in [4.69, 9.17) is 0 Å². The van der Waals surface area contributed by atoms with Crippen LogP contribution in [0.2, 0.25) is 0 Å². The standard InChI is InChI=1S/C41H54N2O4S3/c1-38(2,3)26-15-22(16-27(34(26)46)39(4,5)6)32(44)24-19-30(42-20-24)50-21-25-31(37(49-14)43-36(25)48-13)33(45)23-17-28(40(7,8)9)35(47)29(18-23)41(10,11)12/h15-20,42-43,46-47H,21H2,1-14H3. The number of rotatable bonds is 9. The van der Waals surface area contributed by atoms with Crippen LogP contribution in [0.4, 0.5) is 0 Å². The predicted octanol–water partition coefficient (Wildman–Crippen LogP) is 11.1. The van der Waals surface area contributed by atoms with Crippen molar-refractivity contribution < 1.29 is 19.8 Å². The van der Waals surface area contributed by atoms with Crippen LogP contribution in [0, 0.1) is 0 Å². The van der Waals surface area contributed by atoms with Crippen molar-refractivity contribution in [3.05, 3.63) is 86.6 Å². The van der Waals surface area contributed by atoms with E-state index in [1.165, 1.54) is 23.5 Å². The number of carbonyl (C=O) groups is 2. The van der Waals surface area contributed by atoms with E-state index < -0.39 is 0 Å². The van der Waals surface area contributed by atoms with E-state index in [9.17, 15) is 19.8 Å². The maximum atomic E-state index is 14.5. The van der Waals surface area contributed by atoms with E-state index in [2.05, 4.69) is 9.97 Å². The van der Waals surface area contributed by atoms with Crippen molar-refractivity contribution in [3.8, 4) is 11.5 Å². The van der Waals surface area contributed by atoms with Gasteiger partial charge in [-0.15, -0.1) is 35.3 Å². The Labute approximate surface area is 311 Å². The Kier molecular flexibility index (Phi) is 11.3. The van der Waals surface area contributed by atoms with Gasteiger partial charge in [0.15, 0.2) is 11.6 Å². The summed E-state index contributed by atoms with van der Waals surface area (Å²) in [5.41, 5.74) is 4.73. The first-order chi connectivity index (χ1) is 22.9. The van der Waals surface area contributed by atoms with Crippen molar-refractivity contribution in [2.24, 2.45) is 0 Å². The van der Waals surface area contributed by atoms with Gasteiger partial charge in [0.2, 0.25) is 0 Å². The quantitative estimate of drug-likeness (QED) is 0.100. The third kappa shape index (κ3) is 8.21. The first kappa shape index (κ1) is 39.8. The van der Waals surface area contributed by atoms with Crippen LogP contribution < -0.4 is 0 Å². The number of aromatic hydroxyl groups is 2. The lowest BCUT2D eigenvalue weighted by atomic mass is 9.77. The molecule has 6 nitrogen and oxygen atoms in total. The third-order valence-electron chi connectivity index (χ3n) is 8.93. The second kappa shape index (κ2) is 14.2. The average Bonchev–Trinajstić information content (AvgIpc) is 3.61. The van der Waals surface area contributed by atoms with Gasteiger partial charge in [-0.25, -0.2) is 0 Å². The smallest absolute Gasteiger partial charge is 0.196 e. The summed E-state index contributed by atoms with van der Waals surface area (Å²) in [6.45, 7) is 24.5. The number of carbonyl (C=O) groups excluding carboxylic acids is 2. The molecule has 4 N–H and O–H groups in total. The SMILES string of the molecule is CSc1[nH]c(SC)c(C(=O)c2cc(C(C)(C)C)c(O)c(C(C)(C)C)c2)c1CSc1cc(C(=O)c2cc(C(C)(C)C)c(O)c(C(C)(C)C)c2)c[nH]1. The van der Waals surface area contributed by atoms with Crippen LogP contribution in [-0.2, 0) is 27.4 Å². The number of ketones is 2. The highest BCUT2D eigenvalue weighted by Crippen LogP contribution is 2.43. The molecule has 0 atom stereocenters. The van der Waals surface area contributed by atoms with Gasteiger partial charge < -0.3 is 20.2 Å². The fraction of sp³-hybridized carbons (Fsp3) is 0.463. The molecular weight excluding hydrogens is 681 g/mol. The molecule has 2 aromatic carbocycles. The molecule has 4 rings (SSSR count). The Bertz CT molecular complexity index is 1850. The van der Waals surface area contributed by atoms with Crippen LogP contribution in [-0.4, -0.2) is 44.3 Å². The van der Waals surface area contributed by atoms with Crippen molar-refractivity contribution >= 4 is 46.9 Å². The molecule has 0 bridgehead atoms. The number of hydrogen-bond acceptors (Lipinski definition) is 7. The minimum absolute atomic E-state index is 0.0866. The Morgan fingerprint density at radius 1 is 0.600 bits per heavy atom. The first-order valence-corrected chi connectivity index (χ1v) is 20.3. The van der Waals surface area contributed by atoms with Gasteiger partial charge in [0.25, 0.3) is 0 Å². The highest BCUT2D eigenvalue weighted by atomic mass is 32.2. The number of phenols is 2. The molecule has 0 fully saturated rings. The van der Waals surface area contributed by atoms with Crippen LogP contribution >= 0.6 is 35.3 Å². The Morgan fingerprint density at radius 2 is 1.00 bits per heavy atom. The lowest BCUT2D eigenvalue weighted by Gasteiger charge is -2.28. The lowest BCUT2D eigenvalue weighted by molar-refractivity contribution is 0.102. The normalized spacial score (nSPS) is 12.8. The second-order valence-corrected chi connectivity index (χ2v) is 19.7. The molecule has 0 saturated carbocycles. The number of phenolic OH excluding ortho intramolecular Hbond substituents is 2. The van der Waals surface area contributed by atoms with Crippen molar-refractivity contribution in [1.29, 1.82) is 0 Å². The molecule has 0 amide bonds. The number of nitrogens with one attached hydrogen (secondary N) is 2. The zero-order chi connectivity index (χ0) is 37.7. The van der Waals surface area contributed by atoms with Crippen LogP contribution in [0.5, 0.6) is 11.5 Å². The molecule has 0 aliphatic carbocycles. The molecule has 0 spiro atoms. The zero-order valence-electron chi connectivity index (χ0n) is 32.1. The van der Waals surface area contributed by atoms with Gasteiger partial charge in [-0.3, -0.25) is 9.59 Å². The molecular formula is C41H54N2O4S3. The summed E-state index contributed by atoms with van der Waals surface area (Å²) in [5.74, 6) is 0.786. The molecule has 0 radical (unpaired) electrons. The van der Waals surface area contributed by atoms with E-state index in [0.29, 0.717) is 28.0 Å². The van der Waals surface area contributed by atoms with Crippen molar-refractivity contribution in [2.45, 2.75) is 126 Å². The van der Waals surface area contributed by atoms with Crippen LogP contribution in [0.25, 0.3) is 0 Å². The zero-order valence-corrected chi connectivity index (χ0v) is 34.6. The largest absolute Gasteiger partial charge is 0.507 e. The first-order valence-electron chi connectivity index (χ1n) is 16.9. The second-order valence-electron chi connectivity index (χ2n) is 17.1. The molecule has 0 saturated heterocycles. The summed E-state index contributed by atoms with van der Waals surface area (Å²) in [5, 5.41) is 25.0. The molecule has 0 unspecified atom stereocenters. The minimum Gasteiger partial charge on any atom is -0.507 e. The summed E-state index contributed by atoms with van der Waals surface area (Å²) in [6.07, 6.45) is 5.69. The fourth-order valence-corrected chi connectivity index (χ4v) is 8.41. The Morgan fingerprint density at radius 3 is 1.38 bits per heavy atom. The van der Waals surface area contributed by atoms with Gasteiger partial charge in [-0.1, -0.05) is 83.1 Å². The van der Waals surface area contributed by atoms with Crippen molar-refractivity contribution in [2.75, 3.05) is 12.5 Å². The summed E-state index contributed by atoms with van der Waals surface area (Å²) < 4.78 is 0. The molecule has 0 aliphatic rings. The summed E-state index contributed by atoms with van der Waals surface area (Å²) >= 11 is 4.61. The number of aromatic amines is 2. The van der Waals surface area contributed by atoms with Gasteiger partial charge in [0, 0.05) is 56.5 Å². The number of aromatic nitrogens is 2. The van der Waals surface area contributed by atoms with Crippen molar-refractivity contribution in [3.63, 3.8) is 0 Å². The molecule has 9 heteroatoms. The van der Waals surface area contributed by atoms with Gasteiger partial charge in [0.1, 0.15) is 11.5 Å². The maximum Gasteiger partial charge on any atom is 0.196 e. The third-order valence-corrected chi connectivity index (χ3v) is 11.4. The highest BCUT2D eigenvalue weighted by molar-refractivity contribution is 7.99. The average molecular weight is 735 g/mol. The predicted molar refractivity (Wildman–Crippen MR) is 213 cm³/mol. The van der Waals surface area contributed by atoms with Crippen molar-refractivity contribution in [1.82, 2.24) is 9.97 Å². The molecule has 2 aromatic heterocycles. The molecule has 4 aromatic rings. The van der Waals surface area contributed by atoms with Gasteiger partial charge in [-0.2, -0.15) is 0 Å². The molecule has 0 aliphatic heterocycles. The highest BCUT2D eigenvalue weighted by Gasteiger charge is 2.31. The summed E-state index contributed by atoms with van der Waals surface area (Å²) in [6, 6.07) is 9.20. The lowest BCUT2D eigenvalue weighted by Crippen LogP contribution is -2.19.